The molecule has 1 aromatic carbocycles. The van der Waals surface area contributed by atoms with Crippen molar-refractivity contribution in [1.29, 1.82) is 0 Å². The molecule has 2 nitrogen and oxygen atoms in total. The molecule has 17 heavy (non-hydrogen) atoms. The Morgan fingerprint density at radius 3 is 2.71 bits per heavy atom. The Labute approximate surface area is 110 Å². The summed E-state index contributed by atoms with van der Waals surface area (Å²) in [5.74, 6) is 0. The Balaban J connectivity index is 2.58. The average Bonchev–Trinajstić information content (AvgIpc) is 2.29. The Hall–Kier alpha value is -1.09. The van der Waals surface area contributed by atoms with E-state index in [-0.39, 0.29) is 0 Å². The summed E-state index contributed by atoms with van der Waals surface area (Å²) in [4.78, 5) is 0.453. The highest BCUT2D eigenvalue weighted by Crippen LogP contribution is 2.17. The molecule has 1 aromatic rings. The zero-order chi connectivity index (χ0) is 12.7. The largest absolute Gasteiger partial charge is 0.389 e. The van der Waals surface area contributed by atoms with Crippen molar-refractivity contribution in [3.63, 3.8) is 0 Å². The third kappa shape index (κ3) is 4.73. The van der Waals surface area contributed by atoms with Gasteiger partial charge in [0.15, 0.2) is 0 Å². The van der Waals surface area contributed by atoms with Crippen LogP contribution in [0, 0.1) is 0 Å². The number of benzene rings is 1. The Morgan fingerprint density at radius 1 is 1.35 bits per heavy atom. The van der Waals surface area contributed by atoms with Gasteiger partial charge in [-0.2, -0.15) is 0 Å². The number of hydrogen-bond acceptors (Lipinski definition) is 2. The number of nitrogens with one attached hydrogen (secondary N) is 1. The predicted molar refractivity (Wildman–Crippen MR) is 79.6 cm³/mol. The molecule has 3 heteroatoms. The van der Waals surface area contributed by atoms with Gasteiger partial charge in [-0.3, -0.25) is 0 Å². The van der Waals surface area contributed by atoms with Crippen LogP contribution in [0.2, 0.25) is 0 Å². The number of hydrogen-bond donors (Lipinski definition) is 2. The Bertz CT molecular complexity index is 363. The van der Waals surface area contributed by atoms with Gasteiger partial charge >= 0.3 is 0 Å². The highest BCUT2D eigenvalue weighted by Gasteiger charge is 2.07. The highest BCUT2D eigenvalue weighted by molar-refractivity contribution is 7.80. The van der Waals surface area contributed by atoms with Crippen molar-refractivity contribution in [3.8, 4) is 0 Å². The molecule has 0 saturated carbocycles. The van der Waals surface area contributed by atoms with E-state index in [1.807, 2.05) is 24.3 Å². The van der Waals surface area contributed by atoms with Crippen molar-refractivity contribution < 1.29 is 0 Å². The number of nitrogens with two attached hydrogens (primary N) is 1. The number of thiocarbonyl (C=S) groups is 1. The molecular formula is C14H22N2S. The molecular weight excluding hydrogens is 228 g/mol. The summed E-state index contributed by atoms with van der Waals surface area (Å²) in [5.41, 5.74) is 7.68. The lowest BCUT2D eigenvalue weighted by Crippen LogP contribution is -2.19. The van der Waals surface area contributed by atoms with Gasteiger partial charge in [-0.15, -0.1) is 0 Å². The van der Waals surface area contributed by atoms with Crippen LogP contribution in [0.25, 0.3) is 0 Å². The van der Waals surface area contributed by atoms with Crippen molar-refractivity contribution in [2.24, 2.45) is 5.73 Å². The maximum atomic E-state index is 5.70. The Morgan fingerprint density at radius 2 is 2.06 bits per heavy atom. The summed E-state index contributed by atoms with van der Waals surface area (Å²) in [6, 6.07) is 8.41. The van der Waals surface area contributed by atoms with E-state index >= 15 is 0 Å². The molecule has 1 atom stereocenters. The lowest BCUT2D eigenvalue weighted by Gasteiger charge is -2.17. The van der Waals surface area contributed by atoms with E-state index in [9.17, 15) is 0 Å². The zero-order valence-electron chi connectivity index (χ0n) is 10.7. The molecule has 1 rings (SSSR count). The van der Waals surface area contributed by atoms with Crippen LogP contribution < -0.4 is 11.1 Å². The fraction of sp³-hybridized carbons (Fsp3) is 0.500. The van der Waals surface area contributed by atoms with E-state index < -0.39 is 0 Å². The predicted octanol–water partition coefficient (Wildman–Crippen LogP) is 3.70. The highest BCUT2D eigenvalue weighted by atomic mass is 32.1. The molecule has 0 bridgehead atoms. The molecule has 1 unspecified atom stereocenters. The SMILES string of the molecule is CCCCCC(C)Nc1ccccc1C(N)=S. The van der Waals surface area contributed by atoms with Crippen LogP contribution in [0.5, 0.6) is 0 Å². The standard InChI is InChI=1S/C14H22N2S/c1-3-4-5-8-11(2)16-13-10-7-6-9-12(13)14(15)17/h6-7,9-11,16H,3-5,8H2,1-2H3,(H2,15,17). The van der Waals surface area contributed by atoms with Gasteiger partial charge in [0.05, 0.1) is 0 Å². The van der Waals surface area contributed by atoms with Gasteiger partial charge in [0.25, 0.3) is 0 Å². The van der Waals surface area contributed by atoms with Crippen LogP contribution in [0.4, 0.5) is 5.69 Å². The summed E-state index contributed by atoms with van der Waals surface area (Å²) in [6.45, 7) is 4.42. The van der Waals surface area contributed by atoms with E-state index in [0.29, 0.717) is 11.0 Å². The molecule has 0 amide bonds. The molecule has 94 valence electrons. The lowest BCUT2D eigenvalue weighted by molar-refractivity contribution is 0.615. The first kappa shape index (κ1) is 14.0. The minimum absolute atomic E-state index is 0.453. The minimum Gasteiger partial charge on any atom is -0.389 e. The van der Waals surface area contributed by atoms with Crippen molar-refractivity contribution in [2.75, 3.05) is 5.32 Å². The number of anilines is 1. The summed E-state index contributed by atoms with van der Waals surface area (Å²) in [6.07, 6.45) is 5.00. The Kier molecular flexibility index (Phi) is 5.98. The monoisotopic (exact) mass is 250 g/mol. The van der Waals surface area contributed by atoms with Crippen LogP contribution in [-0.4, -0.2) is 11.0 Å². The quantitative estimate of drug-likeness (QED) is 0.572. The average molecular weight is 250 g/mol. The van der Waals surface area contributed by atoms with Gasteiger partial charge in [-0.25, -0.2) is 0 Å². The number of rotatable bonds is 7. The molecule has 0 aliphatic rings. The maximum absolute atomic E-state index is 5.70. The van der Waals surface area contributed by atoms with Crippen molar-refractivity contribution >= 4 is 22.9 Å². The first-order chi connectivity index (χ1) is 8.15. The van der Waals surface area contributed by atoms with Gasteiger partial charge in [0.1, 0.15) is 4.99 Å². The molecule has 0 heterocycles. The molecule has 3 N–H and O–H groups in total. The molecule has 0 aliphatic heterocycles. The van der Waals surface area contributed by atoms with Gasteiger partial charge in [-0.05, 0) is 25.5 Å². The van der Waals surface area contributed by atoms with Crippen LogP contribution in [0.1, 0.15) is 45.1 Å². The molecule has 0 aliphatic carbocycles. The summed E-state index contributed by atoms with van der Waals surface area (Å²) in [7, 11) is 0. The molecule has 0 radical (unpaired) electrons. The van der Waals surface area contributed by atoms with Crippen molar-refractivity contribution in [1.82, 2.24) is 0 Å². The topological polar surface area (TPSA) is 38.0 Å². The van der Waals surface area contributed by atoms with Gasteiger partial charge in [0, 0.05) is 17.3 Å². The van der Waals surface area contributed by atoms with Crippen LogP contribution in [0.3, 0.4) is 0 Å². The van der Waals surface area contributed by atoms with Crippen LogP contribution in [0.15, 0.2) is 24.3 Å². The smallest absolute Gasteiger partial charge is 0.106 e. The minimum atomic E-state index is 0.453. The van der Waals surface area contributed by atoms with Gasteiger partial charge in [0.2, 0.25) is 0 Å². The third-order valence-electron chi connectivity index (χ3n) is 2.84. The lowest BCUT2D eigenvalue weighted by atomic mass is 10.1. The van der Waals surface area contributed by atoms with Crippen molar-refractivity contribution in [2.45, 2.75) is 45.6 Å². The van der Waals surface area contributed by atoms with Gasteiger partial charge < -0.3 is 11.1 Å². The fourth-order valence-electron chi connectivity index (χ4n) is 1.86. The van der Waals surface area contributed by atoms with E-state index in [2.05, 4.69) is 19.2 Å². The fourth-order valence-corrected chi connectivity index (χ4v) is 2.04. The van der Waals surface area contributed by atoms with E-state index in [4.69, 9.17) is 18.0 Å². The maximum Gasteiger partial charge on any atom is 0.106 e. The van der Waals surface area contributed by atoms with Crippen LogP contribution >= 0.6 is 12.2 Å². The normalized spacial score (nSPS) is 12.1. The molecule has 0 aromatic heterocycles. The molecule has 0 spiro atoms. The summed E-state index contributed by atoms with van der Waals surface area (Å²) >= 11 is 5.05. The third-order valence-corrected chi connectivity index (χ3v) is 3.06. The number of unbranched alkanes of at least 4 members (excludes halogenated alkanes) is 2. The summed E-state index contributed by atoms with van der Waals surface area (Å²) < 4.78 is 0. The van der Waals surface area contributed by atoms with E-state index in [0.717, 1.165) is 11.3 Å². The first-order valence-corrected chi connectivity index (χ1v) is 6.71. The molecule has 0 saturated heterocycles. The summed E-state index contributed by atoms with van der Waals surface area (Å²) in [5, 5.41) is 3.48. The second kappa shape index (κ2) is 7.28. The number of para-hydroxylation sites is 1. The van der Waals surface area contributed by atoms with Crippen molar-refractivity contribution in [3.05, 3.63) is 29.8 Å². The molecule has 0 fully saturated rings. The zero-order valence-corrected chi connectivity index (χ0v) is 11.5. The second-order valence-electron chi connectivity index (χ2n) is 4.45. The van der Waals surface area contributed by atoms with E-state index in [1.165, 1.54) is 25.7 Å². The van der Waals surface area contributed by atoms with Crippen LogP contribution in [-0.2, 0) is 0 Å². The second-order valence-corrected chi connectivity index (χ2v) is 4.89. The van der Waals surface area contributed by atoms with Gasteiger partial charge in [-0.1, -0.05) is 50.5 Å². The van der Waals surface area contributed by atoms with E-state index in [1.54, 1.807) is 0 Å². The first-order valence-electron chi connectivity index (χ1n) is 6.30.